The second-order valence-corrected chi connectivity index (χ2v) is 9.08. The van der Waals surface area contributed by atoms with E-state index in [0.29, 0.717) is 31.6 Å². The lowest BCUT2D eigenvalue weighted by Gasteiger charge is -2.29. The number of nitrogens with zero attached hydrogens (tertiary/aromatic N) is 3. The molecular formula is C25H28N4O4. The van der Waals surface area contributed by atoms with Gasteiger partial charge < -0.3 is 14.2 Å². The second-order valence-electron chi connectivity index (χ2n) is 9.08. The molecule has 0 bridgehead atoms. The zero-order valence-corrected chi connectivity index (χ0v) is 19.0. The number of carbonyl (C=O) groups is 2. The maximum atomic E-state index is 12.3. The Labute approximate surface area is 192 Å². The van der Waals surface area contributed by atoms with E-state index in [-0.39, 0.29) is 6.09 Å². The molecule has 33 heavy (non-hydrogen) atoms. The molecule has 4 rings (SSSR count). The van der Waals surface area contributed by atoms with Crippen molar-refractivity contribution >= 4 is 28.5 Å². The number of pyridine rings is 1. The van der Waals surface area contributed by atoms with Gasteiger partial charge in [-0.1, -0.05) is 18.2 Å². The quantitative estimate of drug-likeness (QED) is 0.460. The van der Waals surface area contributed by atoms with Crippen LogP contribution in [-0.4, -0.2) is 50.3 Å². The lowest BCUT2D eigenvalue weighted by atomic mass is 10.0. The molecule has 8 heteroatoms. The zero-order chi connectivity index (χ0) is 23.6. The van der Waals surface area contributed by atoms with Crippen LogP contribution in [0.2, 0.25) is 0 Å². The molecule has 1 aliphatic heterocycles. The Morgan fingerprint density at radius 1 is 1.15 bits per heavy atom. The van der Waals surface area contributed by atoms with E-state index >= 15 is 0 Å². The van der Waals surface area contributed by atoms with E-state index in [2.05, 4.69) is 21.7 Å². The third kappa shape index (κ3) is 5.06. The standard InChI is InChI=1S/C25H28N4O4/c1-25(2,3)33-24(31)28-13-9-18(10-14-28)22-20-11-15-29(21(20)8-12-26-22)16-17-4-6-19(7-5-17)23(30)27-32/h4-9,11-12,15,32H,10,13-14,16H2,1-3H3,(H,27,30). The van der Waals surface area contributed by atoms with Crippen LogP contribution in [0.3, 0.4) is 0 Å². The number of benzene rings is 1. The molecule has 0 aliphatic carbocycles. The van der Waals surface area contributed by atoms with Crippen molar-refractivity contribution in [3.05, 3.63) is 71.7 Å². The fourth-order valence-electron chi connectivity index (χ4n) is 3.92. The first-order valence-electron chi connectivity index (χ1n) is 10.9. The predicted molar refractivity (Wildman–Crippen MR) is 125 cm³/mol. The number of hydrogen-bond donors (Lipinski definition) is 2. The Morgan fingerprint density at radius 2 is 1.91 bits per heavy atom. The Morgan fingerprint density at radius 3 is 2.55 bits per heavy atom. The second kappa shape index (κ2) is 9.07. The van der Waals surface area contributed by atoms with Gasteiger partial charge >= 0.3 is 6.09 Å². The monoisotopic (exact) mass is 448 g/mol. The van der Waals surface area contributed by atoms with Crippen LogP contribution in [0.25, 0.3) is 16.5 Å². The van der Waals surface area contributed by atoms with E-state index in [4.69, 9.17) is 9.94 Å². The summed E-state index contributed by atoms with van der Waals surface area (Å²) in [4.78, 5) is 30.2. The average molecular weight is 449 g/mol. The Balaban J connectivity index is 1.52. The maximum Gasteiger partial charge on any atom is 0.410 e. The molecule has 172 valence electrons. The molecule has 3 aromatic rings. The van der Waals surface area contributed by atoms with E-state index in [1.165, 1.54) is 0 Å². The van der Waals surface area contributed by atoms with Crippen molar-refractivity contribution in [3.63, 3.8) is 0 Å². The van der Waals surface area contributed by atoms with Gasteiger partial charge in [0.15, 0.2) is 0 Å². The third-order valence-corrected chi connectivity index (χ3v) is 5.53. The van der Waals surface area contributed by atoms with Crippen molar-refractivity contribution in [2.45, 2.75) is 39.3 Å². The number of hydrogen-bond acceptors (Lipinski definition) is 5. The van der Waals surface area contributed by atoms with E-state index in [9.17, 15) is 9.59 Å². The molecule has 2 amide bonds. The van der Waals surface area contributed by atoms with Crippen molar-refractivity contribution < 1.29 is 19.5 Å². The molecule has 0 fully saturated rings. The molecule has 0 atom stereocenters. The van der Waals surface area contributed by atoms with E-state index in [1.54, 1.807) is 22.5 Å². The lowest BCUT2D eigenvalue weighted by Crippen LogP contribution is -2.39. The maximum absolute atomic E-state index is 12.3. The number of aromatic nitrogens is 2. The van der Waals surface area contributed by atoms with Crippen molar-refractivity contribution in [2.24, 2.45) is 0 Å². The summed E-state index contributed by atoms with van der Waals surface area (Å²) in [6.45, 7) is 7.33. The predicted octanol–water partition coefficient (Wildman–Crippen LogP) is 4.23. The fraction of sp³-hybridized carbons (Fsp3) is 0.320. The molecule has 0 saturated heterocycles. The summed E-state index contributed by atoms with van der Waals surface area (Å²) in [6.07, 6.45) is 6.31. The number of fused-ring (bicyclic) bond motifs is 1. The molecule has 1 aliphatic rings. The van der Waals surface area contributed by atoms with Crippen molar-refractivity contribution in [3.8, 4) is 0 Å². The van der Waals surface area contributed by atoms with Gasteiger partial charge in [-0.3, -0.25) is 15.0 Å². The minimum absolute atomic E-state index is 0.294. The SMILES string of the molecule is CC(C)(C)OC(=O)N1CC=C(c2nccc3c2ccn3Cc2ccc(C(=O)NO)cc2)CC1. The molecule has 0 spiro atoms. The van der Waals surface area contributed by atoms with E-state index in [0.717, 1.165) is 27.7 Å². The van der Waals surface area contributed by atoms with Crippen molar-refractivity contribution in [1.82, 2.24) is 19.9 Å². The van der Waals surface area contributed by atoms with Crippen LogP contribution in [0.5, 0.6) is 0 Å². The summed E-state index contributed by atoms with van der Waals surface area (Å²) in [5, 5.41) is 9.82. The Bertz CT molecular complexity index is 1210. The average Bonchev–Trinajstić information content (AvgIpc) is 3.21. The van der Waals surface area contributed by atoms with Gasteiger partial charge in [-0.2, -0.15) is 0 Å². The van der Waals surface area contributed by atoms with Crippen molar-refractivity contribution in [2.75, 3.05) is 13.1 Å². The van der Waals surface area contributed by atoms with Gasteiger partial charge in [0.2, 0.25) is 0 Å². The summed E-state index contributed by atoms with van der Waals surface area (Å²) >= 11 is 0. The molecule has 0 unspecified atom stereocenters. The fourth-order valence-corrected chi connectivity index (χ4v) is 3.92. The first-order valence-corrected chi connectivity index (χ1v) is 10.9. The molecule has 8 nitrogen and oxygen atoms in total. The van der Waals surface area contributed by atoms with Crippen molar-refractivity contribution in [1.29, 1.82) is 0 Å². The zero-order valence-electron chi connectivity index (χ0n) is 19.0. The van der Waals surface area contributed by atoms with Gasteiger partial charge in [0.05, 0.1) is 11.2 Å². The molecule has 2 N–H and O–H groups in total. The largest absolute Gasteiger partial charge is 0.444 e. The van der Waals surface area contributed by atoms with Crippen LogP contribution in [0.1, 0.15) is 48.8 Å². The van der Waals surface area contributed by atoms with Gasteiger partial charge in [0, 0.05) is 43.0 Å². The van der Waals surface area contributed by atoms with Gasteiger partial charge in [-0.05, 0) is 62.6 Å². The number of ether oxygens (including phenoxy) is 1. The highest BCUT2D eigenvalue weighted by molar-refractivity contribution is 5.93. The number of nitrogens with one attached hydrogen (secondary N) is 1. The van der Waals surface area contributed by atoms with Crippen LogP contribution in [0, 0.1) is 0 Å². The smallest absolute Gasteiger partial charge is 0.410 e. The van der Waals surface area contributed by atoms with Crippen LogP contribution in [0.4, 0.5) is 4.79 Å². The minimum Gasteiger partial charge on any atom is -0.444 e. The summed E-state index contributed by atoms with van der Waals surface area (Å²) in [6, 6.07) is 11.2. The molecular weight excluding hydrogens is 420 g/mol. The molecule has 1 aromatic carbocycles. The highest BCUT2D eigenvalue weighted by atomic mass is 16.6. The third-order valence-electron chi connectivity index (χ3n) is 5.53. The van der Waals surface area contributed by atoms with Crippen LogP contribution >= 0.6 is 0 Å². The number of hydroxylamine groups is 1. The summed E-state index contributed by atoms with van der Waals surface area (Å²) in [7, 11) is 0. The van der Waals surface area contributed by atoms with Crippen LogP contribution < -0.4 is 5.48 Å². The number of amides is 2. The minimum atomic E-state index is -0.533. The molecule has 2 aromatic heterocycles. The first kappa shape index (κ1) is 22.5. The van der Waals surface area contributed by atoms with Crippen LogP contribution in [0.15, 0.2) is 54.9 Å². The summed E-state index contributed by atoms with van der Waals surface area (Å²) < 4.78 is 7.62. The van der Waals surface area contributed by atoms with Gasteiger partial charge in [-0.25, -0.2) is 10.3 Å². The lowest BCUT2D eigenvalue weighted by molar-refractivity contribution is 0.0270. The van der Waals surface area contributed by atoms with E-state index < -0.39 is 11.5 Å². The Kier molecular flexibility index (Phi) is 6.20. The highest BCUT2D eigenvalue weighted by Gasteiger charge is 2.24. The van der Waals surface area contributed by atoms with Gasteiger partial charge in [-0.15, -0.1) is 0 Å². The number of rotatable bonds is 4. The van der Waals surface area contributed by atoms with E-state index in [1.807, 2.05) is 51.4 Å². The molecule has 3 heterocycles. The highest BCUT2D eigenvalue weighted by Crippen LogP contribution is 2.29. The first-order chi connectivity index (χ1) is 15.7. The normalized spacial score (nSPS) is 14.2. The summed E-state index contributed by atoms with van der Waals surface area (Å²) in [5.41, 5.74) is 5.68. The molecule has 0 radical (unpaired) electrons. The van der Waals surface area contributed by atoms with Gasteiger partial charge in [0.25, 0.3) is 5.91 Å². The summed E-state index contributed by atoms with van der Waals surface area (Å²) in [5.74, 6) is -0.533. The Hall–Kier alpha value is -3.65. The van der Waals surface area contributed by atoms with Gasteiger partial charge in [0.1, 0.15) is 5.60 Å². The number of carbonyl (C=O) groups excluding carboxylic acids is 2. The topological polar surface area (TPSA) is 96.7 Å². The molecule has 0 saturated carbocycles. The van der Waals surface area contributed by atoms with Crippen LogP contribution in [-0.2, 0) is 11.3 Å².